The van der Waals surface area contributed by atoms with E-state index in [-0.39, 0.29) is 5.56 Å². The molecular formula is C15H12F2N2O6S. The van der Waals surface area contributed by atoms with Gasteiger partial charge in [-0.05, 0) is 12.1 Å². The molecule has 11 heteroatoms. The van der Waals surface area contributed by atoms with Gasteiger partial charge in [0.2, 0.25) is 10.0 Å². The molecule has 0 aliphatic heterocycles. The third-order valence-electron chi connectivity index (χ3n) is 3.37. The van der Waals surface area contributed by atoms with Crippen LogP contribution in [0.15, 0.2) is 47.4 Å². The molecule has 0 spiro atoms. The Labute approximate surface area is 146 Å². The SMILES string of the molecule is O=C(O)C[C@@H](NS(=O)(=O)c1ccc(F)cc1F)c1ccccc1[N+](=O)[O-]. The minimum Gasteiger partial charge on any atom is -0.481 e. The Morgan fingerprint density at radius 3 is 2.46 bits per heavy atom. The van der Waals surface area contributed by atoms with Crippen LogP contribution in [0.2, 0.25) is 0 Å². The summed E-state index contributed by atoms with van der Waals surface area (Å²) in [6, 6.07) is 5.16. The normalized spacial score (nSPS) is 12.5. The molecule has 2 aromatic rings. The third-order valence-corrected chi connectivity index (χ3v) is 4.87. The highest BCUT2D eigenvalue weighted by molar-refractivity contribution is 7.89. The van der Waals surface area contributed by atoms with Crippen LogP contribution in [0.3, 0.4) is 0 Å². The molecule has 0 heterocycles. The largest absolute Gasteiger partial charge is 0.481 e. The molecule has 0 aromatic heterocycles. The zero-order valence-corrected chi connectivity index (χ0v) is 13.7. The molecule has 0 aliphatic rings. The monoisotopic (exact) mass is 386 g/mol. The molecular weight excluding hydrogens is 374 g/mol. The molecule has 0 aliphatic carbocycles. The second-order valence-corrected chi connectivity index (χ2v) is 6.84. The van der Waals surface area contributed by atoms with Gasteiger partial charge in [-0.1, -0.05) is 18.2 Å². The maximum Gasteiger partial charge on any atom is 0.305 e. The summed E-state index contributed by atoms with van der Waals surface area (Å²) in [7, 11) is -4.62. The van der Waals surface area contributed by atoms with Crippen molar-refractivity contribution in [3.8, 4) is 0 Å². The van der Waals surface area contributed by atoms with Crippen molar-refractivity contribution < 1.29 is 32.0 Å². The number of carboxylic acid groups (broad SMARTS) is 1. The van der Waals surface area contributed by atoms with Gasteiger partial charge in [-0.2, -0.15) is 0 Å². The lowest BCUT2D eigenvalue weighted by Crippen LogP contribution is -2.31. The van der Waals surface area contributed by atoms with E-state index in [9.17, 15) is 32.1 Å². The van der Waals surface area contributed by atoms with Crippen LogP contribution in [-0.2, 0) is 14.8 Å². The predicted molar refractivity (Wildman–Crippen MR) is 84.8 cm³/mol. The van der Waals surface area contributed by atoms with E-state index in [1.807, 2.05) is 4.72 Å². The van der Waals surface area contributed by atoms with Gasteiger partial charge in [-0.3, -0.25) is 14.9 Å². The number of rotatable bonds is 7. The average Bonchev–Trinajstić information content (AvgIpc) is 2.53. The molecule has 0 amide bonds. The van der Waals surface area contributed by atoms with E-state index in [1.54, 1.807) is 0 Å². The topological polar surface area (TPSA) is 127 Å². The van der Waals surface area contributed by atoms with Crippen LogP contribution in [-0.4, -0.2) is 24.4 Å². The Kier molecular flexibility index (Phi) is 5.63. The number of sulfonamides is 1. The van der Waals surface area contributed by atoms with Crippen molar-refractivity contribution in [2.75, 3.05) is 0 Å². The van der Waals surface area contributed by atoms with Crippen LogP contribution in [0.25, 0.3) is 0 Å². The number of nitrogens with one attached hydrogen (secondary N) is 1. The minimum atomic E-state index is -4.62. The van der Waals surface area contributed by atoms with Gasteiger partial charge < -0.3 is 5.11 Å². The van der Waals surface area contributed by atoms with Gasteiger partial charge >= 0.3 is 5.97 Å². The van der Waals surface area contributed by atoms with Crippen molar-refractivity contribution in [3.63, 3.8) is 0 Å². The minimum absolute atomic E-state index is 0.203. The van der Waals surface area contributed by atoms with Gasteiger partial charge in [-0.25, -0.2) is 21.9 Å². The average molecular weight is 386 g/mol. The van der Waals surface area contributed by atoms with Gasteiger partial charge in [-0.15, -0.1) is 0 Å². The summed E-state index contributed by atoms with van der Waals surface area (Å²) in [4.78, 5) is 20.5. The van der Waals surface area contributed by atoms with Crippen molar-refractivity contribution >= 4 is 21.7 Å². The molecule has 1 atom stereocenters. The number of carbonyl (C=O) groups is 1. The molecule has 0 radical (unpaired) electrons. The molecule has 2 aromatic carbocycles. The zero-order valence-electron chi connectivity index (χ0n) is 12.9. The highest BCUT2D eigenvalue weighted by atomic mass is 32.2. The highest BCUT2D eigenvalue weighted by Gasteiger charge is 2.30. The first-order chi connectivity index (χ1) is 12.1. The van der Waals surface area contributed by atoms with Gasteiger partial charge in [0.25, 0.3) is 5.69 Å². The molecule has 0 saturated heterocycles. The Hall–Kier alpha value is -2.92. The van der Waals surface area contributed by atoms with E-state index in [4.69, 9.17) is 5.11 Å². The van der Waals surface area contributed by atoms with Crippen molar-refractivity contribution in [2.45, 2.75) is 17.4 Å². The lowest BCUT2D eigenvalue weighted by molar-refractivity contribution is -0.385. The molecule has 138 valence electrons. The van der Waals surface area contributed by atoms with E-state index in [0.29, 0.717) is 12.1 Å². The number of benzene rings is 2. The van der Waals surface area contributed by atoms with Crippen molar-refractivity contribution in [3.05, 3.63) is 69.8 Å². The fourth-order valence-corrected chi connectivity index (χ4v) is 3.56. The number of halogens is 2. The summed E-state index contributed by atoms with van der Waals surface area (Å²) in [5.74, 6) is -3.81. The highest BCUT2D eigenvalue weighted by Crippen LogP contribution is 2.29. The number of hydrogen-bond acceptors (Lipinski definition) is 5. The van der Waals surface area contributed by atoms with Crippen LogP contribution in [0.5, 0.6) is 0 Å². The summed E-state index contributed by atoms with van der Waals surface area (Å²) in [6.07, 6.45) is -0.826. The first kappa shape index (κ1) is 19.4. The predicted octanol–water partition coefficient (Wildman–Crippen LogP) is 2.37. The fourth-order valence-electron chi connectivity index (χ4n) is 2.28. The maximum atomic E-state index is 13.8. The van der Waals surface area contributed by atoms with Gasteiger partial charge in [0, 0.05) is 17.7 Å². The number of carboxylic acids is 1. The standard InChI is InChI=1S/C15H12F2N2O6S/c16-9-5-6-14(11(17)7-9)26(24,25)18-12(8-15(20)21)10-3-1-2-4-13(10)19(22)23/h1-7,12,18H,8H2,(H,20,21)/t12-/m1/s1. The van der Waals surface area contributed by atoms with Crippen molar-refractivity contribution in [1.29, 1.82) is 0 Å². The van der Waals surface area contributed by atoms with Gasteiger partial charge in [0.05, 0.1) is 17.4 Å². The summed E-state index contributed by atoms with van der Waals surface area (Å²) < 4.78 is 53.4. The van der Waals surface area contributed by atoms with Crippen molar-refractivity contribution in [1.82, 2.24) is 4.72 Å². The van der Waals surface area contributed by atoms with E-state index in [0.717, 1.165) is 12.1 Å². The number of para-hydroxylation sites is 1. The van der Waals surface area contributed by atoms with Gasteiger partial charge in [0.15, 0.2) is 0 Å². The molecule has 0 bridgehead atoms. The van der Waals surface area contributed by atoms with E-state index >= 15 is 0 Å². The smallest absolute Gasteiger partial charge is 0.305 e. The number of hydrogen-bond donors (Lipinski definition) is 2. The lowest BCUT2D eigenvalue weighted by Gasteiger charge is -2.18. The summed E-state index contributed by atoms with van der Waals surface area (Å²) in [5, 5.41) is 20.1. The Morgan fingerprint density at radius 2 is 1.88 bits per heavy atom. The molecule has 2 rings (SSSR count). The first-order valence-corrected chi connectivity index (χ1v) is 8.52. The number of aliphatic carboxylic acids is 1. The lowest BCUT2D eigenvalue weighted by atomic mass is 10.0. The quantitative estimate of drug-likeness (QED) is 0.556. The Morgan fingerprint density at radius 1 is 1.23 bits per heavy atom. The van der Waals surface area contributed by atoms with E-state index in [2.05, 4.69) is 0 Å². The number of nitrogens with zero attached hydrogens (tertiary/aromatic N) is 1. The van der Waals surface area contributed by atoms with Crippen LogP contribution < -0.4 is 4.72 Å². The second-order valence-electron chi connectivity index (χ2n) is 5.16. The maximum absolute atomic E-state index is 13.8. The van der Waals surface area contributed by atoms with Crippen molar-refractivity contribution in [2.24, 2.45) is 0 Å². The summed E-state index contributed by atoms with van der Waals surface area (Å²) in [5.41, 5.74) is -0.702. The summed E-state index contributed by atoms with van der Waals surface area (Å²) >= 11 is 0. The molecule has 0 unspecified atom stereocenters. The number of nitro benzene ring substituents is 1. The molecule has 26 heavy (non-hydrogen) atoms. The van der Waals surface area contributed by atoms with Crippen LogP contribution in [0.4, 0.5) is 14.5 Å². The van der Waals surface area contributed by atoms with Gasteiger partial charge in [0.1, 0.15) is 16.5 Å². The molecule has 0 saturated carbocycles. The summed E-state index contributed by atoms with van der Waals surface area (Å²) in [6.45, 7) is 0. The van der Waals surface area contributed by atoms with E-state index < -0.39 is 55.6 Å². The number of nitro groups is 1. The third kappa shape index (κ3) is 4.37. The molecule has 0 fully saturated rings. The molecule has 8 nitrogen and oxygen atoms in total. The van der Waals surface area contributed by atoms with Crippen LogP contribution >= 0.6 is 0 Å². The Balaban J connectivity index is 2.49. The Bertz CT molecular complexity index is 964. The zero-order chi connectivity index (χ0) is 19.5. The van der Waals surface area contributed by atoms with E-state index in [1.165, 1.54) is 18.2 Å². The second kappa shape index (κ2) is 7.54. The fraction of sp³-hybridized carbons (Fsp3) is 0.133. The van der Waals surface area contributed by atoms with Crippen LogP contribution in [0, 0.1) is 21.7 Å². The van der Waals surface area contributed by atoms with Crippen LogP contribution in [0.1, 0.15) is 18.0 Å². The molecule has 2 N–H and O–H groups in total. The first-order valence-electron chi connectivity index (χ1n) is 7.04.